The molecular formula is C15H19N3OS. The third-order valence-corrected chi connectivity index (χ3v) is 3.86. The van der Waals surface area contributed by atoms with Crippen molar-refractivity contribution in [3.8, 4) is 0 Å². The van der Waals surface area contributed by atoms with Gasteiger partial charge < -0.3 is 10.6 Å². The fourth-order valence-corrected chi connectivity index (χ4v) is 2.70. The lowest BCUT2D eigenvalue weighted by Crippen LogP contribution is -2.26. The number of rotatable bonds is 6. The van der Waals surface area contributed by atoms with Gasteiger partial charge in [0.2, 0.25) is 0 Å². The minimum atomic E-state index is -0.0465. The number of hydrogen-bond acceptors (Lipinski definition) is 4. The summed E-state index contributed by atoms with van der Waals surface area (Å²) in [6.07, 6.45) is 0.771. The molecule has 0 bridgehead atoms. The number of nitrogens with zero attached hydrogens (tertiary/aromatic N) is 1. The highest BCUT2D eigenvalue weighted by Crippen LogP contribution is 2.14. The van der Waals surface area contributed by atoms with Crippen LogP contribution in [0.4, 0.5) is 5.69 Å². The van der Waals surface area contributed by atoms with Crippen LogP contribution in [-0.2, 0) is 6.42 Å². The van der Waals surface area contributed by atoms with E-state index in [-0.39, 0.29) is 5.91 Å². The fourth-order valence-electron chi connectivity index (χ4n) is 1.92. The van der Waals surface area contributed by atoms with Gasteiger partial charge in [0.05, 0.1) is 10.6 Å². The van der Waals surface area contributed by atoms with Crippen molar-refractivity contribution in [1.29, 1.82) is 0 Å². The van der Waals surface area contributed by atoms with Crippen molar-refractivity contribution in [3.05, 3.63) is 45.9 Å². The predicted molar refractivity (Wildman–Crippen MR) is 83.5 cm³/mol. The van der Waals surface area contributed by atoms with Crippen LogP contribution in [0.3, 0.4) is 0 Å². The number of carbonyl (C=O) groups excluding carboxylic acids is 1. The molecule has 0 aliphatic carbocycles. The molecule has 0 spiro atoms. The van der Waals surface area contributed by atoms with Gasteiger partial charge in [0, 0.05) is 36.3 Å². The van der Waals surface area contributed by atoms with E-state index in [1.54, 1.807) is 11.3 Å². The average molecular weight is 289 g/mol. The molecule has 20 heavy (non-hydrogen) atoms. The highest BCUT2D eigenvalue weighted by atomic mass is 32.1. The molecule has 5 heteroatoms. The van der Waals surface area contributed by atoms with Crippen molar-refractivity contribution in [2.45, 2.75) is 20.3 Å². The summed E-state index contributed by atoms with van der Waals surface area (Å²) in [6.45, 7) is 5.39. The minimum Gasteiger partial charge on any atom is -0.385 e. The van der Waals surface area contributed by atoms with E-state index in [1.165, 1.54) is 0 Å². The number of aromatic nitrogens is 1. The van der Waals surface area contributed by atoms with Crippen LogP contribution in [0.2, 0.25) is 0 Å². The summed E-state index contributed by atoms with van der Waals surface area (Å²) in [5.41, 5.74) is 2.59. The van der Waals surface area contributed by atoms with Crippen LogP contribution in [0.1, 0.15) is 28.0 Å². The molecule has 4 nitrogen and oxygen atoms in total. The Labute approximate surface area is 123 Å². The van der Waals surface area contributed by atoms with Crippen molar-refractivity contribution < 1.29 is 4.79 Å². The summed E-state index contributed by atoms with van der Waals surface area (Å²) in [6, 6.07) is 7.55. The molecule has 0 aliphatic heterocycles. The van der Waals surface area contributed by atoms with E-state index in [0.717, 1.165) is 29.4 Å². The predicted octanol–water partition coefficient (Wildman–Crippen LogP) is 2.86. The Morgan fingerprint density at radius 3 is 2.85 bits per heavy atom. The Bertz CT molecular complexity index is 580. The molecule has 106 valence electrons. The Morgan fingerprint density at radius 2 is 2.15 bits per heavy atom. The van der Waals surface area contributed by atoms with Gasteiger partial charge in [0.1, 0.15) is 0 Å². The number of anilines is 1. The van der Waals surface area contributed by atoms with Gasteiger partial charge in [-0.05, 0) is 26.0 Å². The monoisotopic (exact) mass is 289 g/mol. The first-order valence-electron chi connectivity index (χ1n) is 6.72. The molecule has 0 aliphatic rings. The summed E-state index contributed by atoms with van der Waals surface area (Å²) < 4.78 is 0. The summed E-state index contributed by atoms with van der Waals surface area (Å²) in [4.78, 5) is 16.5. The van der Waals surface area contributed by atoms with Crippen LogP contribution >= 0.6 is 11.3 Å². The molecule has 1 aromatic heterocycles. The first-order chi connectivity index (χ1) is 9.70. The zero-order valence-corrected chi connectivity index (χ0v) is 12.6. The maximum Gasteiger partial charge on any atom is 0.253 e. The molecule has 1 heterocycles. The van der Waals surface area contributed by atoms with E-state index < -0.39 is 0 Å². The lowest BCUT2D eigenvalue weighted by atomic mass is 10.1. The van der Waals surface area contributed by atoms with Gasteiger partial charge >= 0.3 is 0 Å². The van der Waals surface area contributed by atoms with Crippen molar-refractivity contribution in [1.82, 2.24) is 10.3 Å². The van der Waals surface area contributed by atoms with Crippen molar-refractivity contribution in [3.63, 3.8) is 0 Å². The molecule has 2 rings (SSSR count). The maximum atomic E-state index is 12.2. The number of hydrogen-bond donors (Lipinski definition) is 2. The molecule has 0 unspecified atom stereocenters. The highest BCUT2D eigenvalue weighted by molar-refractivity contribution is 7.09. The zero-order valence-electron chi connectivity index (χ0n) is 11.8. The van der Waals surface area contributed by atoms with Crippen LogP contribution < -0.4 is 10.6 Å². The van der Waals surface area contributed by atoms with Crippen molar-refractivity contribution in [2.24, 2.45) is 0 Å². The second-order valence-corrected chi connectivity index (χ2v) is 5.41. The van der Waals surface area contributed by atoms with Crippen LogP contribution in [0.5, 0.6) is 0 Å². The topological polar surface area (TPSA) is 54.0 Å². The van der Waals surface area contributed by atoms with E-state index in [2.05, 4.69) is 15.6 Å². The first-order valence-corrected chi connectivity index (χ1v) is 7.60. The number of benzene rings is 1. The summed E-state index contributed by atoms with van der Waals surface area (Å²) in [7, 11) is 0. The number of para-hydroxylation sites is 1. The Kier molecular flexibility index (Phi) is 5.12. The van der Waals surface area contributed by atoms with Gasteiger partial charge in [0.25, 0.3) is 5.91 Å². The molecule has 2 aromatic rings. The molecule has 0 radical (unpaired) electrons. The lowest BCUT2D eigenvalue weighted by Gasteiger charge is -2.10. The average Bonchev–Trinajstić information content (AvgIpc) is 2.85. The second-order valence-electron chi connectivity index (χ2n) is 4.46. The zero-order chi connectivity index (χ0) is 14.4. The number of carbonyl (C=O) groups is 1. The van der Waals surface area contributed by atoms with Crippen molar-refractivity contribution >= 4 is 22.9 Å². The van der Waals surface area contributed by atoms with Gasteiger partial charge in [-0.1, -0.05) is 12.1 Å². The summed E-state index contributed by atoms with van der Waals surface area (Å²) >= 11 is 1.63. The van der Waals surface area contributed by atoms with E-state index in [0.29, 0.717) is 12.1 Å². The molecule has 1 amide bonds. The third kappa shape index (κ3) is 3.81. The number of aryl methyl sites for hydroxylation is 1. The molecule has 0 atom stereocenters. The third-order valence-electron chi connectivity index (χ3n) is 2.83. The van der Waals surface area contributed by atoms with Crippen LogP contribution in [0.25, 0.3) is 0 Å². The Hall–Kier alpha value is -1.88. The van der Waals surface area contributed by atoms with Gasteiger partial charge in [-0.3, -0.25) is 4.79 Å². The molecular weight excluding hydrogens is 270 g/mol. The quantitative estimate of drug-likeness (QED) is 0.860. The Morgan fingerprint density at radius 1 is 1.35 bits per heavy atom. The van der Waals surface area contributed by atoms with E-state index in [4.69, 9.17) is 0 Å². The smallest absolute Gasteiger partial charge is 0.253 e. The number of amides is 1. The van der Waals surface area contributed by atoms with Gasteiger partial charge in [-0.2, -0.15) is 0 Å². The lowest BCUT2D eigenvalue weighted by molar-refractivity contribution is 0.0955. The summed E-state index contributed by atoms with van der Waals surface area (Å²) in [5, 5.41) is 9.22. The summed E-state index contributed by atoms with van der Waals surface area (Å²) in [5.74, 6) is -0.0465. The second kappa shape index (κ2) is 7.05. The standard InChI is InChI=1S/C15H19N3OS/c1-3-16-13-7-5-4-6-12(13)15(19)17-9-8-14-18-11(2)10-20-14/h4-7,10,16H,3,8-9H2,1-2H3,(H,17,19). The molecule has 0 saturated carbocycles. The normalized spacial score (nSPS) is 10.3. The molecule has 2 N–H and O–H groups in total. The van der Waals surface area contributed by atoms with Crippen LogP contribution in [0, 0.1) is 6.92 Å². The Balaban J connectivity index is 1.91. The van der Waals surface area contributed by atoms with Crippen molar-refractivity contribution in [2.75, 3.05) is 18.4 Å². The SMILES string of the molecule is CCNc1ccccc1C(=O)NCCc1nc(C)cs1. The largest absolute Gasteiger partial charge is 0.385 e. The molecule has 0 saturated heterocycles. The maximum absolute atomic E-state index is 12.2. The molecule has 0 fully saturated rings. The van der Waals surface area contributed by atoms with Crippen LogP contribution in [-0.4, -0.2) is 24.0 Å². The minimum absolute atomic E-state index is 0.0465. The van der Waals surface area contributed by atoms with E-state index >= 15 is 0 Å². The van der Waals surface area contributed by atoms with E-state index in [9.17, 15) is 4.79 Å². The van der Waals surface area contributed by atoms with E-state index in [1.807, 2.05) is 43.5 Å². The van der Waals surface area contributed by atoms with Crippen LogP contribution in [0.15, 0.2) is 29.6 Å². The van der Waals surface area contributed by atoms with Gasteiger partial charge in [-0.25, -0.2) is 4.98 Å². The highest BCUT2D eigenvalue weighted by Gasteiger charge is 2.09. The molecule has 1 aromatic carbocycles. The first kappa shape index (κ1) is 14.5. The van der Waals surface area contributed by atoms with Gasteiger partial charge in [0.15, 0.2) is 0 Å². The fraction of sp³-hybridized carbons (Fsp3) is 0.333. The van der Waals surface area contributed by atoms with Gasteiger partial charge in [-0.15, -0.1) is 11.3 Å². The number of thiazole rings is 1. The number of nitrogens with one attached hydrogen (secondary N) is 2.